The fourth-order valence-electron chi connectivity index (χ4n) is 2.31. The molecule has 0 aromatic rings. The van der Waals surface area contributed by atoms with Crippen LogP contribution in [0.1, 0.15) is 26.7 Å². The van der Waals surface area contributed by atoms with Crippen LogP contribution in [0.25, 0.3) is 0 Å². The highest BCUT2D eigenvalue weighted by Gasteiger charge is 2.17. The first-order valence-corrected chi connectivity index (χ1v) is 6.10. The Kier molecular flexibility index (Phi) is 3.47. The Morgan fingerprint density at radius 1 is 1.33 bits per heavy atom. The van der Waals surface area contributed by atoms with E-state index < -0.39 is 0 Å². The number of piperazine rings is 1. The van der Waals surface area contributed by atoms with E-state index in [4.69, 9.17) is 0 Å². The minimum absolute atomic E-state index is 0.619. The molecular formula is C13H22N2. The summed E-state index contributed by atoms with van der Waals surface area (Å²) in [4.78, 5) is 2.51. The van der Waals surface area contributed by atoms with Crippen LogP contribution in [0.15, 0.2) is 23.9 Å². The summed E-state index contributed by atoms with van der Waals surface area (Å²) in [6.45, 7) is 7.99. The predicted molar refractivity (Wildman–Crippen MR) is 64.7 cm³/mol. The first-order chi connectivity index (χ1) is 7.25. The van der Waals surface area contributed by atoms with Crippen LogP contribution >= 0.6 is 0 Å². The average Bonchev–Trinajstić information content (AvgIpc) is 2.43. The van der Waals surface area contributed by atoms with Gasteiger partial charge in [0.05, 0.1) is 0 Å². The number of nitrogens with one attached hydrogen (secondary N) is 1. The maximum absolute atomic E-state index is 3.48. The van der Waals surface area contributed by atoms with E-state index in [-0.39, 0.29) is 0 Å². The smallest absolute Gasteiger partial charge is 0.0329 e. The van der Waals surface area contributed by atoms with Crippen molar-refractivity contribution in [3.05, 3.63) is 23.9 Å². The van der Waals surface area contributed by atoms with E-state index in [1.807, 2.05) is 0 Å². The SMILES string of the molecule is CC1CC=CC(N2CCNC(C)C2)=CC1. The second kappa shape index (κ2) is 4.84. The molecule has 2 unspecified atom stereocenters. The lowest BCUT2D eigenvalue weighted by molar-refractivity contribution is 0.262. The normalized spacial score (nSPS) is 32.4. The third-order valence-electron chi connectivity index (χ3n) is 3.29. The molecule has 15 heavy (non-hydrogen) atoms. The molecule has 1 saturated heterocycles. The van der Waals surface area contributed by atoms with Gasteiger partial charge in [0, 0.05) is 31.4 Å². The Bertz CT molecular complexity index is 268. The number of hydrogen-bond acceptors (Lipinski definition) is 2. The van der Waals surface area contributed by atoms with Crippen LogP contribution in [0.5, 0.6) is 0 Å². The molecule has 84 valence electrons. The molecule has 1 fully saturated rings. The Morgan fingerprint density at radius 3 is 3.00 bits per heavy atom. The third kappa shape index (κ3) is 2.85. The second-order valence-corrected chi connectivity index (χ2v) is 4.91. The van der Waals surface area contributed by atoms with Crippen molar-refractivity contribution in [1.82, 2.24) is 10.2 Å². The van der Waals surface area contributed by atoms with Gasteiger partial charge >= 0.3 is 0 Å². The molecule has 2 aliphatic rings. The van der Waals surface area contributed by atoms with E-state index in [9.17, 15) is 0 Å². The summed E-state index contributed by atoms with van der Waals surface area (Å²) in [5.74, 6) is 0.805. The lowest BCUT2D eigenvalue weighted by Crippen LogP contribution is -2.48. The number of hydrogen-bond donors (Lipinski definition) is 1. The van der Waals surface area contributed by atoms with Crippen LogP contribution < -0.4 is 5.32 Å². The Balaban J connectivity index is 2.02. The van der Waals surface area contributed by atoms with Crippen molar-refractivity contribution in [3.8, 4) is 0 Å². The van der Waals surface area contributed by atoms with E-state index in [1.54, 1.807) is 0 Å². The van der Waals surface area contributed by atoms with E-state index in [0.29, 0.717) is 6.04 Å². The first kappa shape index (κ1) is 10.7. The van der Waals surface area contributed by atoms with Crippen LogP contribution in [0.2, 0.25) is 0 Å². The lowest BCUT2D eigenvalue weighted by Gasteiger charge is -2.34. The van der Waals surface area contributed by atoms with Crippen molar-refractivity contribution in [3.63, 3.8) is 0 Å². The van der Waals surface area contributed by atoms with Gasteiger partial charge in [-0.1, -0.05) is 19.1 Å². The molecule has 2 heteroatoms. The maximum atomic E-state index is 3.48. The molecule has 0 aromatic carbocycles. The van der Waals surface area contributed by atoms with Crippen LogP contribution in [-0.4, -0.2) is 30.6 Å². The zero-order valence-electron chi connectivity index (χ0n) is 9.87. The molecule has 0 saturated carbocycles. The number of allylic oxidation sites excluding steroid dienone is 3. The fourth-order valence-corrected chi connectivity index (χ4v) is 2.31. The van der Waals surface area contributed by atoms with Gasteiger partial charge in [0.15, 0.2) is 0 Å². The van der Waals surface area contributed by atoms with E-state index in [1.165, 1.54) is 18.5 Å². The highest BCUT2D eigenvalue weighted by Crippen LogP contribution is 2.19. The summed E-state index contributed by atoms with van der Waals surface area (Å²) < 4.78 is 0. The highest BCUT2D eigenvalue weighted by atomic mass is 15.2. The van der Waals surface area contributed by atoms with Crippen molar-refractivity contribution in [2.24, 2.45) is 5.92 Å². The van der Waals surface area contributed by atoms with Gasteiger partial charge in [0.2, 0.25) is 0 Å². The molecule has 0 bridgehead atoms. The Labute approximate surface area is 93.0 Å². The summed E-state index contributed by atoms with van der Waals surface area (Å²) in [6.07, 6.45) is 9.49. The minimum atomic E-state index is 0.619. The van der Waals surface area contributed by atoms with E-state index in [0.717, 1.165) is 25.6 Å². The second-order valence-electron chi connectivity index (χ2n) is 4.91. The molecular weight excluding hydrogens is 184 g/mol. The van der Waals surface area contributed by atoms with Gasteiger partial charge in [-0.05, 0) is 31.8 Å². The molecule has 1 aliphatic carbocycles. The van der Waals surface area contributed by atoms with Crippen molar-refractivity contribution in [1.29, 1.82) is 0 Å². The fraction of sp³-hybridized carbons (Fsp3) is 0.692. The monoisotopic (exact) mass is 206 g/mol. The Morgan fingerprint density at radius 2 is 2.20 bits per heavy atom. The van der Waals surface area contributed by atoms with Crippen molar-refractivity contribution >= 4 is 0 Å². The molecule has 0 spiro atoms. The zero-order valence-corrected chi connectivity index (χ0v) is 9.87. The molecule has 2 nitrogen and oxygen atoms in total. The van der Waals surface area contributed by atoms with E-state index >= 15 is 0 Å². The highest BCUT2D eigenvalue weighted by molar-refractivity contribution is 5.20. The van der Waals surface area contributed by atoms with Crippen LogP contribution in [0.3, 0.4) is 0 Å². The molecule has 0 aromatic heterocycles. The van der Waals surface area contributed by atoms with Gasteiger partial charge in [-0.2, -0.15) is 0 Å². The van der Waals surface area contributed by atoms with Crippen molar-refractivity contribution in [2.75, 3.05) is 19.6 Å². The quantitative estimate of drug-likeness (QED) is 0.707. The zero-order chi connectivity index (χ0) is 10.7. The molecule has 2 rings (SSSR count). The largest absolute Gasteiger partial charge is 0.369 e. The molecule has 0 radical (unpaired) electrons. The number of nitrogens with zero attached hydrogens (tertiary/aromatic N) is 1. The summed E-state index contributed by atoms with van der Waals surface area (Å²) in [5, 5.41) is 3.48. The molecule has 0 amide bonds. The van der Waals surface area contributed by atoms with Gasteiger partial charge < -0.3 is 10.2 Å². The van der Waals surface area contributed by atoms with Gasteiger partial charge in [-0.3, -0.25) is 0 Å². The maximum Gasteiger partial charge on any atom is 0.0329 e. The minimum Gasteiger partial charge on any atom is -0.369 e. The Hall–Kier alpha value is -0.760. The van der Waals surface area contributed by atoms with Crippen LogP contribution in [-0.2, 0) is 0 Å². The summed E-state index contributed by atoms with van der Waals surface area (Å²) in [7, 11) is 0. The van der Waals surface area contributed by atoms with Crippen LogP contribution in [0.4, 0.5) is 0 Å². The number of rotatable bonds is 1. The summed E-state index contributed by atoms with van der Waals surface area (Å²) >= 11 is 0. The first-order valence-electron chi connectivity index (χ1n) is 6.10. The molecule has 1 aliphatic heterocycles. The third-order valence-corrected chi connectivity index (χ3v) is 3.29. The summed E-state index contributed by atoms with van der Waals surface area (Å²) in [5.41, 5.74) is 1.44. The molecule has 1 N–H and O–H groups in total. The topological polar surface area (TPSA) is 15.3 Å². The van der Waals surface area contributed by atoms with Crippen molar-refractivity contribution < 1.29 is 0 Å². The van der Waals surface area contributed by atoms with Gasteiger partial charge in [-0.25, -0.2) is 0 Å². The van der Waals surface area contributed by atoms with Gasteiger partial charge in [-0.15, -0.1) is 0 Å². The summed E-state index contributed by atoms with van der Waals surface area (Å²) in [6, 6.07) is 0.619. The van der Waals surface area contributed by atoms with Crippen LogP contribution in [0, 0.1) is 5.92 Å². The van der Waals surface area contributed by atoms with Gasteiger partial charge in [0.25, 0.3) is 0 Å². The standard InChI is InChI=1S/C13H22N2/c1-11-4-3-5-13(7-6-11)15-9-8-14-12(2)10-15/h3,5,7,11-12,14H,4,6,8-10H2,1-2H3. The molecule has 2 atom stereocenters. The predicted octanol–water partition coefficient (Wildman–Crippen LogP) is 2.15. The molecule has 1 heterocycles. The van der Waals surface area contributed by atoms with Gasteiger partial charge in [0.1, 0.15) is 0 Å². The lowest BCUT2D eigenvalue weighted by atomic mass is 10.1. The average molecular weight is 206 g/mol. The van der Waals surface area contributed by atoms with Crippen molar-refractivity contribution in [2.45, 2.75) is 32.7 Å². The van der Waals surface area contributed by atoms with E-state index in [2.05, 4.69) is 42.3 Å².